The largest absolute Gasteiger partial charge is 0.312 e. The zero-order chi connectivity index (χ0) is 12.8. The summed E-state index contributed by atoms with van der Waals surface area (Å²) in [6.07, 6.45) is 0. The highest BCUT2D eigenvalue weighted by Gasteiger charge is 2.06. The van der Waals surface area contributed by atoms with E-state index >= 15 is 0 Å². The summed E-state index contributed by atoms with van der Waals surface area (Å²) in [7, 11) is 0. The van der Waals surface area contributed by atoms with Gasteiger partial charge in [0.05, 0.1) is 0 Å². The molecule has 0 fully saturated rings. The average Bonchev–Trinajstić information content (AvgIpc) is 2.21. The highest BCUT2D eigenvalue weighted by atomic mass is 79.9. The Morgan fingerprint density at radius 3 is 2.53 bits per heavy atom. The molecular weight excluding hydrogens is 294 g/mol. The van der Waals surface area contributed by atoms with Crippen molar-refractivity contribution in [1.82, 2.24) is 5.32 Å². The molecule has 0 heterocycles. The molecule has 0 radical (unpaired) electrons. The smallest absolute Gasteiger partial charge is 0.0217 e. The van der Waals surface area contributed by atoms with Crippen LogP contribution in [-0.4, -0.2) is 11.8 Å². The van der Waals surface area contributed by atoms with Crippen LogP contribution < -0.4 is 5.32 Å². The highest BCUT2D eigenvalue weighted by Crippen LogP contribution is 2.28. The van der Waals surface area contributed by atoms with Crippen molar-refractivity contribution < 1.29 is 0 Å². The summed E-state index contributed by atoms with van der Waals surface area (Å²) in [5, 5.41) is 4.13. The molecule has 1 N–H and O–H groups in total. The first kappa shape index (κ1) is 15.1. The minimum atomic E-state index is 0.625. The Morgan fingerprint density at radius 2 is 1.94 bits per heavy atom. The first-order chi connectivity index (χ1) is 7.99. The van der Waals surface area contributed by atoms with E-state index in [9.17, 15) is 0 Å². The van der Waals surface area contributed by atoms with Crippen molar-refractivity contribution >= 4 is 27.7 Å². The maximum atomic E-state index is 3.55. The third-order valence-corrected chi connectivity index (χ3v) is 3.87. The molecule has 0 spiro atoms. The van der Waals surface area contributed by atoms with Crippen molar-refractivity contribution in [1.29, 1.82) is 0 Å². The molecule has 96 valence electrons. The van der Waals surface area contributed by atoms with Crippen molar-refractivity contribution in [3.8, 4) is 0 Å². The van der Waals surface area contributed by atoms with Gasteiger partial charge in [-0.25, -0.2) is 0 Å². The van der Waals surface area contributed by atoms with E-state index in [-0.39, 0.29) is 0 Å². The quantitative estimate of drug-likeness (QED) is 0.764. The second kappa shape index (κ2) is 7.45. The molecule has 0 amide bonds. The van der Waals surface area contributed by atoms with Crippen LogP contribution in [0.3, 0.4) is 0 Å². The van der Waals surface area contributed by atoms with Crippen LogP contribution in [0.4, 0.5) is 0 Å². The van der Waals surface area contributed by atoms with Crippen LogP contribution in [0, 0.1) is 5.92 Å². The topological polar surface area (TPSA) is 12.0 Å². The van der Waals surface area contributed by atoms with Crippen LogP contribution in [0.5, 0.6) is 0 Å². The monoisotopic (exact) mass is 315 g/mol. The van der Waals surface area contributed by atoms with Crippen LogP contribution in [0.25, 0.3) is 0 Å². The Balaban J connectivity index is 2.69. The van der Waals surface area contributed by atoms with Crippen molar-refractivity contribution in [2.24, 2.45) is 5.92 Å². The van der Waals surface area contributed by atoms with Crippen LogP contribution in [0.15, 0.2) is 27.6 Å². The summed E-state index contributed by atoms with van der Waals surface area (Å²) < 4.78 is 1.16. The van der Waals surface area contributed by atoms with Crippen LogP contribution >= 0.6 is 27.7 Å². The minimum Gasteiger partial charge on any atom is -0.312 e. The van der Waals surface area contributed by atoms with E-state index < -0.39 is 0 Å². The molecule has 0 aliphatic carbocycles. The number of hydrogen-bond donors (Lipinski definition) is 1. The maximum Gasteiger partial charge on any atom is 0.0217 e. The van der Waals surface area contributed by atoms with Gasteiger partial charge in [0.15, 0.2) is 0 Å². The molecule has 0 saturated carbocycles. The fourth-order valence-electron chi connectivity index (χ4n) is 1.55. The third-order valence-electron chi connectivity index (χ3n) is 2.25. The van der Waals surface area contributed by atoms with Crippen LogP contribution in [-0.2, 0) is 6.54 Å². The molecule has 1 rings (SSSR count). The third kappa shape index (κ3) is 5.94. The predicted octanol–water partition coefficient (Wildman–Crippen LogP) is 4.70. The number of nitrogens with one attached hydrogen (secondary N) is 1. The van der Waals surface area contributed by atoms with Gasteiger partial charge in [-0.1, -0.05) is 43.6 Å². The van der Waals surface area contributed by atoms with Gasteiger partial charge in [-0.3, -0.25) is 0 Å². The summed E-state index contributed by atoms with van der Waals surface area (Å²) in [4.78, 5) is 1.39. The lowest BCUT2D eigenvalue weighted by atomic mass is 10.2. The van der Waals surface area contributed by atoms with Gasteiger partial charge in [0, 0.05) is 21.2 Å². The minimum absolute atomic E-state index is 0.625. The molecule has 0 unspecified atom stereocenters. The van der Waals surface area contributed by atoms with E-state index in [4.69, 9.17) is 0 Å². The average molecular weight is 316 g/mol. The van der Waals surface area contributed by atoms with Gasteiger partial charge in [-0.2, -0.15) is 0 Å². The summed E-state index contributed by atoms with van der Waals surface area (Å²) in [5.74, 6) is 0.698. The summed E-state index contributed by atoms with van der Waals surface area (Å²) in [5.41, 5.74) is 1.39. The van der Waals surface area contributed by atoms with Gasteiger partial charge in [0.2, 0.25) is 0 Å². The SMILES string of the molecule is CC(C)CNCc1cc(Br)ccc1SC(C)C. The van der Waals surface area contributed by atoms with Crippen LogP contribution in [0.1, 0.15) is 33.3 Å². The van der Waals surface area contributed by atoms with Crippen molar-refractivity contribution in [3.05, 3.63) is 28.2 Å². The van der Waals surface area contributed by atoms with E-state index in [1.165, 1.54) is 10.5 Å². The van der Waals surface area contributed by atoms with Crippen LogP contribution in [0.2, 0.25) is 0 Å². The number of benzene rings is 1. The Labute approximate surface area is 118 Å². The highest BCUT2D eigenvalue weighted by molar-refractivity contribution is 9.10. The lowest BCUT2D eigenvalue weighted by Crippen LogP contribution is -2.19. The molecule has 0 aromatic heterocycles. The van der Waals surface area contributed by atoms with Gasteiger partial charge in [-0.15, -0.1) is 11.8 Å². The van der Waals surface area contributed by atoms with E-state index in [0.717, 1.165) is 17.6 Å². The molecule has 0 aliphatic heterocycles. The summed E-state index contributed by atoms with van der Waals surface area (Å²) >= 11 is 5.48. The number of halogens is 1. The Hall–Kier alpha value is 0.01000. The van der Waals surface area contributed by atoms with Gasteiger partial charge >= 0.3 is 0 Å². The fraction of sp³-hybridized carbons (Fsp3) is 0.571. The predicted molar refractivity (Wildman–Crippen MR) is 81.7 cm³/mol. The number of thioether (sulfide) groups is 1. The van der Waals surface area contributed by atoms with Crippen molar-refractivity contribution in [2.45, 2.75) is 44.4 Å². The molecule has 1 nitrogen and oxygen atoms in total. The zero-order valence-corrected chi connectivity index (χ0v) is 13.5. The van der Waals surface area contributed by atoms with E-state index in [1.807, 2.05) is 11.8 Å². The Kier molecular flexibility index (Phi) is 6.60. The molecule has 0 bridgehead atoms. The molecule has 0 aliphatic rings. The lowest BCUT2D eigenvalue weighted by molar-refractivity contribution is 0.550. The Bertz CT molecular complexity index is 350. The van der Waals surface area contributed by atoms with Gasteiger partial charge in [-0.05, 0) is 36.2 Å². The second-order valence-electron chi connectivity index (χ2n) is 4.94. The Morgan fingerprint density at radius 1 is 1.24 bits per heavy atom. The molecule has 3 heteroatoms. The summed E-state index contributed by atoms with van der Waals surface area (Å²) in [6, 6.07) is 6.55. The van der Waals surface area contributed by atoms with E-state index in [0.29, 0.717) is 11.2 Å². The summed E-state index contributed by atoms with van der Waals surface area (Å²) in [6.45, 7) is 11.0. The molecular formula is C14H22BrNS. The zero-order valence-electron chi connectivity index (χ0n) is 11.1. The molecule has 1 aromatic rings. The molecule has 0 saturated heterocycles. The first-order valence-corrected chi connectivity index (χ1v) is 7.82. The van der Waals surface area contributed by atoms with Gasteiger partial charge < -0.3 is 5.32 Å². The lowest BCUT2D eigenvalue weighted by Gasteiger charge is -2.13. The first-order valence-electron chi connectivity index (χ1n) is 6.15. The fourth-order valence-corrected chi connectivity index (χ4v) is 2.90. The van der Waals surface area contributed by atoms with Crippen molar-refractivity contribution in [3.63, 3.8) is 0 Å². The number of rotatable bonds is 6. The second-order valence-corrected chi connectivity index (χ2v) is 7.48. The standard InChI is InChI=1S/C14H22BrNS/c1-10(2)8-16-9-12-7-13(15)5-6-14(12)17-11(3)4/h5-7,10-11,16H,8-9H2,1-4H3. The van der Waals surface area contributed by atoms with E-state index in [2.05, 4.69) is 67.1 Å². The molecule has 1 aromatic carbocycles. The maximum absolute atomic E-state index is 3.55. The van der Waals surface area contributed by atoms with Crippen molar-refractivity contribution in [2.75, 3.05) is 6.54 Å². The van der Waals surface area contributed by atoms with Gasteiger partial charge in [0.25, 0.3) is 0 Å². The van der Waals surface area contributed by atoms with Gasteiger partial charge in [0.1, 0.15) is 0 Å². The number of hydrogen-bond acceptors (Lipinski definition) is 2. The van der Waals surface area contributed by atoms with E-state index in [1.54, 1.807) is 0 Å². The normalized spacial score (nSPS) is 11.5. The molecule has 0 atom stereocenters. The molecule has 17 heavy (non-hydrogen) atoms.